The molecule has 652 valence electrons. The third-order valence-corrected chi connectivity index (χ3v) is 21.3. The van der Waals surface area contributed by atoms with Crippen LogP contribution in [-0.4, -0.2) is 158 Å². The number of phosphoric acid groups is 2. The van der Waals surface area contributed by atoms with E-state index >= 15 is 0 Å². The summed E-state index contributed by atoms with van der Waals surface area (Å²) in [6.45, 7) is 10.3. The summed E-state index contributed by atoms with van der Waals surface area (Å²) in [5.74, 6) is -3.28. The molecule has 0 rings (SSSR count). The summed E-state index contributed by atoms with van der Waals surface area (Å²) < 4.78 is 71.0. The molecule has 0 spiro atoms. The van der Waals surface area contributed by atoms with Crippen LogP contribution in [0.2, 0.25) is 0 Å². The third kappa shape index (κ3) is 74.9. The lowest BCUT2D eigenvalue weighted by atomic mass is 10.0. The van der Waals surface area contributed by atoms with Gasteiger partial charge in [0.15, 0.2) is 0 Å². The lowest BCUT2D eigenvalue weighted by Crippen LogP contribution is -2.43. The zero-order chi connectivity index (χ0) is 81.8. The molecule has 0 heterocycles. The number of unbranched alkanes of at least 4 members (excludes halogenated alkanes) is 34. The van der Waals surface area contributed by atoms with Crippen LogP contribution in [0.25, 0.3) is 0 Å². The molecule has 0 aliphatic heterocycles. The molecule has 8 N–H and O–H groups in total. The Morgan fingerprint density at radius 3 is 0.946 bits per heavy atom. The van der Waals surface area contributed by atoms with Gasteiger partial charge in [0, 0.05) is 39.1 Å². The molecule has 0 radical (unpaired) electrons. The van der Waals surface area contributed by atoms with Gasteiger partial charge in [-0.3, -0.25) is 46.9 Å². The zero-order valence-corrected chi connectivity index (χ0v) is 72.3. The highest BCUT2D eigenvalue weighted by atomic mass is 31.2. The van der Waals surface area contributed by atoms with E-state index in [2.05, 4.69) is 87.1 Å². The fraction of sp³-hybridized carbons (Fsp3) is 0.882. The minimum absolute atomic E-state index is 0.144. The van der Waals surface area contributed by atoms with Gasteiger partial charge in [0.05, 0.1) is 76.8 Å². The molecule has 26 heteroatoms. The summed E-state index contributed by atoms with van der Waals surface area (Å²) in [6, 6.07) is -1.92. The number of amides is 4. The van der Waals surface area contributed by atoms with Crippen molar-refractivity contribution in [3.05, 3.63) is 24.3 Å². The largest absolute Gasteiger partial charge is 0.472 e. The zero-order valence-electron chi connectivity index (χ0n) is 70.5. The molecule has 24 nitrogen and oxygen atoms in total. The normalized spacial score (nSPS) is 14.5. The van der Waals surface area contributed by atoms with E-state index in [9.17, 15) is 57.9 Å². The first-order valence-corrected chi connectivity index (χ1v) is 47.3. The van der Waals surface area contributed by atoms with Crippen LogP contribution < -0.4 is 21.3 Å². The van der Waals surface area contributed by atoms with Crippen molar-refractivity contribution in [2.45, 2.75) is 418 Å². The molecule has 0 bridgehead atoms. The van der Waals surface area contributed by atoms with Crippen LogP contribution in [0.4, 0.5) is 0 Å². The number of ether oxygens (including phenoxy) is 4. The number of hydrogen-bond acceptors (Lipinski definition) is 18. The van der Waals surface area contributed by atoms with Crippen molar-refractivity contribution in [1.82, 2.24) is 21.3 Å². The molecule has 0 aliphatic carbocycles. The van der Waals surface area contributed by atoms with E-state index in [1.54, 1.807) is 0 Å². The number of nitrogens with one attached hydrogen (secondary N) is 4. The van der Waals surface area contributed by atoms with Gasteiger partial charge >= 0.3 is 27.6 Å². The average molecular weight is 1620 g/mol. The van der Waals surface area contributed by atoms with E-state index in [4.69, 9.17) is 37.0 Å². The Hall–Kier alpha value is -3.64. The highest BCUT2D eigenvalue weighted by molar-refractivity contribution is 7.47. The Bertz CT molecular complexity index is 2240. The van der Waals surface area contributed by atoms with Crippen molar-refractivity contribution >= 4 is 51.2 Å². The topological polar surface area (TPSA) is 339 Å². The number of aliphatic hydroxyl groups excluding tert-OH is 2. The molecule has 0 aromatic carbocycles. The summed E-state index contributed by atoms with van der Waals surface area (Å²) in [7, 11) is -9.64. The van der Waals surface area contributed by atoms with Crippen LogP contribution in [0.5, 0.6) is 0 Å². The first-order chi connectivity index (χ1) is 53.7. The van der Waals surface area contributed by atoms with Crippen molar-refractivity contribution in [2.24, 2.45) is 0 Å². The standard InChI is InChI=1S/C85H162N4O20P2/c1-7-13-19-25-29-33-37-43-49-55-78(108-84(96)57-51-45-39-35-31-27-21-15-9-3)67-82(94)88-74(70-102-63-59-76(90)53-47-41-23-17-11-5)72-106-110(98,99)104-65-61-86-80(92)69-81(93)87-62-66-105-111(100,101)107-73-75(71-103-64-60-77(91)54-48-42-24-18-12-6)89-83(95)68-79(56-50-44-38-34-30-26-20-14-8-2)109-85(97)58-52-46-40-36-32-28-22-16-10-4/h35-36,39-40,74-79,90-91H,7-34,37-38,41-73H2,1-6H3,(H,86,92)(H,87,93)(H,88,94)(H,89,95)(H,98,99)(H,100,101)/t74?,75?,76-,77-,78-,79-/m1/s1. The monoisotopic (exact) mass is 1620 g/mol. The van der Waals surface area contributed by atoms with Gasteiger partial charge in [0.1, 0.15) is 18.6 Å². The smallest absolute Gasteiger partial charge is 0.462 e. The number of allylic oxidation sites excluding steroid dienone is 4. The lowest BCUT2D eigenvalue weighted by Gasteiger charge is -2.23. The van der Waals surface area contributed by atoms with Crippen LogP contribution in [0.1, 0.15) is 382 Å². The molecule has 0 aliphatic rings. The average Bonchev–Trinajstić information content (AvgIpc) is 0.909. The highest BCUT2D eigenvalue weighted by Gasteiger charge is 2.29. The quantitative estimate of drug-likeness (QED) is 0.00922. The summed E-state index contributed by atoms with van der Waals surface area (Å²) in [5, 5.41) is 31.8. The molecule has 4 amide bonds. The lowest BCUT2D eigenvalue weighted by molar-refractivity contribution is -0.152. The Labute approximate surface area is 672 Å². The van der Waals surface area contributed by atoms with Crippen LogP contribution in [0.15, 0.2) is 24.3 Å². The minimum Gasteiger partial charge on any atom is -0.462 e. The van der Waals surface area contributed by atoms with E-state index < -0.39 is 109 Å². The van der Waals surface area contributed by atoms with Gasteiger partial charge in [-0.25, -0.2) is 9.13 Å². The fourth-order valence-electron chi connectivity index (χ4n) is 12.6. The number of rotatable bonds is 84. The first-order valence-electron chi connectivity index (χ1n) is 44.3. The molecular formula is C85H162N4O20P2. The first kappa shape index (κ1) is 107. The second-order valence-corrected chi connectivity index (χ2v) is 33.2. The van der Waals surface area contributed by atoms with Crippen LogP contribution in [-0.2, 0) is 74.9 Å². The maximum atomic E-state index is 13.8. The van der Waals surface area contributed by atoms with Gasteiger partial charge in [0.25, 0.3) is 0 Å². The maximum absolute atomic E-state index is 13.8. The summed E-state index contributed by atoms with van der Waals surface area (Å²) in [4.78, 5) is 101. The Balaban J connectivity index is 5.78. The number of carbonyl (C=O) groups is 6. The number of hydrogen-bond donors (Lipinski definition) is 8. The minimum atomic E-state index is -4.82. The predicted octanol–water partition coefficient (Wildman–Crippen LogP) is 18.9. The second kappa shape index (κ2) is 77.6. The highest BCUT2D eigenvalue weighted by Crippen LogP contribution is 2.44. The van der Waals surface area contributed by atoms with E-state index in [-0.39, 0.29) is 77.1 Å². The molecule has 0 aromatic rings. The van der Waals surface area contributed by atoms with Crippen LogP contribution >= 0.6 is 15.6 Å². The van der Waals surface area contributed by atoms with Gasteiger partial charge < -0.3 is 60.2 Å². The Morgan fingerprint density at radius 2 is 0.622 bits per heavy atom. The van der Waals surface area contributed by atoms with Crippen molar-refractivity contribution in [3.8, 4) is 0 Å². The predicted molar refractivity (Wildman–Crippen MR) is 444 cm³/mol. The number of phosphoric ester groups is 2. The molecule has 0 aromatic heterocycles. The van der Waals surface area contributed by atoms with Crippen molar-refractivity contribution < 1.29 is 94.9 Å². The third-order valence-electron chi connectivity index (χ3n) is 19.4. The van der Waals surface area contributed by atoms with Crippen molar-refractivity contribution in [2.75, 3.05) is 65.9 Å². The molecule has 0 saturated carbocycles. The molecular weight excluding hydrogens is 1460 g/mol. The fourth-order valence-corrected chi connectivity index (χ4v) is 14.2. The van der Waals surface area contributed by atoms with Gasteiger partial charge in [0.2, 0.25) is 23.6 Å². The molecule has 0 saturated heterocycles. The SMILES string of the molecule is CCCCCCC=CCCCC(=O)O[C@H](CCCCCCCCCCC)CC(=O)NC(COCC[C@H](O)CCCCCCC)COP(=O)(O)OCCNC(=O)CC(=O)NCCOP(=O)(O)OCC(COCC[C@H](O)CCCCCCC)NC(=O)C[C@@H](CCCCCCCCCCC)OC(=O)CCCC=CCCCCCC. The van der Waals surface area contributed by atoms with Crippen LogP contribution in [0.3, 0.4) is 0 Å². The molecule has 4 unspecified atom stereocenters. The van der Waals surface area contributed by atoms with E-state index in [0.717, 1.165) is 154 Å². The van der Waals surface area contributed by atoms with E-state index in [1.807, 2.05) is 0 Å². The maximum Gasteiger partial charge on any atom is 0.472 e. The Kier molecular flexibility index (Phi) is 75.0. The van der Waals surface area contributed by atoms with Gasteiger partial charge in [-0.1, -0.05) is 271 Å². The van der Waals surface area contributed by atoms with Gasteiger partial charge in [-0.05, 0) is 103 Å². The van der Waals surface area contributed by atoms with E-state index in [1.165, 1.54) is 103 Å². The Morgan fingerprint density at radius 1 is 0.333 bits per heavy atom. The van der Waals surface area contributed by atoms with Crippen molar-refractivity contribution in [3.63, 3.8) is 0 Å². The number of esters is 2. The van der Waals surface area contributed by atoms with E-state index in [0.29, 0.717) is 51.4 Å². The summed E-state index contributed by atoms with van der Waals surface area (Å²) in [5.41, 5.74) is 0. The van der Waals surface area contributed by atoms with Crippen LogP contribution in [0, 0.1) is 0 Å². The van der Waals surface area contributed by atoms with Crippen molar-refractivity contribution in [1.29, 1.82) is 0 Å². The number of aliphatic hydroxyl groups is 2. The summed E-state index contributed by atoms with van der Waals surface area (Å²) in [6.07, 6.45) is 52.8. The van der Waals surface area contributed by atoms with Gasteiger partial charge in [-0.2, -0.15) is 0 Å². The molecule has 8 atom stereocenters. The number of carbonyl (C=O) groups excluding carboxylic acids is 6. The van der Waals surface area contributed by atoms with Gasteiger partial charge in [-0.15, -0.1) is 0 Å². The molecule has 111 heavy (non-hydrogen) atoms. The summed E-state index contributed by atoms with van der Waals surface area (Å²) >= 11 is 0. The molecule has 0 fully saturated rings. The second-order valence-electron chi connectivity index (χ2n) is 30.3.